The van der Waals surface area contributed by atoms with Crippen LogP contribution >= 0.6 is 0 Å². The number of benzene rings is 1. The van der Waals surface area contributed by atoms with E-state index in [-0.39, 0.29) is 13.0 Å². The lowest BCUT2D eigenvalue weighted by molar-refractivity contribution is -0.137. The van der Waals surface area contributed by atoms with Gasteiger partial charge in [-0.1, -0.05) is 0 Å². The lowest BCUT2D eigenvalue weighted by atomic mass is 10.2. The van der Waals surface area contributed by atoms with E-state index in [4.69, 9.17) is 9.84 Å². The van der Waals surface area contributed by atoms with Gasteiger partial charge in [-0.25, -0.2) is 0 Å². The molecule has 100 valence electrons. The van der Waals surface area contributed by atoms with Crippen molar-refractivity contribution in [2.45, 2.75) is 24.7 Å². The van der Waals surface area contributed by atoms with Crippen molar-refractivity contribution in [1.82, 2.24) is 0 Å². The summed E-state index contributed by atoms with van der Waals surface area (Å²) in [4.78, 5) is 9.85. The molecule has 0 saturated carbocycles. The fourth-order valence-corrected chi connectivity index (χ4v) is 1.89. The van der Waals surface area contributed by atoms with Crippen LogP contribution in [0.2, 0.25) is 0 Å². The molecule has 0 aliphatic heterocycles. The van der Waals surface area contributed by atoms with Crippen LogP contribution in [0.3, 0.4) is 0 Å². The van der Waals surface area contributed by atoms with Gasteiger partial charge in [0.2, 0.25) is 0 Å². The first-order valence-corrected chi connectivity index (χ1v) is 6.59. The summed E-state index contributed by atoms with van der Waals surface area (Å²) >= 11 is 0. The van der Waals surface area contributed by atoms with Crippen molar-refractivity contribution >= 4 is 16.2 Å². The Kier molecular flexibility index (Phi) is 4.66. The standard InChI is InChI=1S/C11H13FO5S/c1-8-7-9(18(12,15)16)4-5-10(8)17-6-2-3-11(13)14/h4-5,7H,2-3,6H2,1H3,(H,13,14). The summed E-state index contributed by atoms with van der Waals surface area (Å²) in [6.07, 6.45) is 0.341. The molecule has 1 aromatic rings. The molecule has 7 heteroatoms. The SMILES string of the molecule is Cc1cc(S(=O)(=O)F)ccc1OCCCC(=O)O. The predicted octanol–water partition coefficient (Wildman–Crippen LogP) is 1.90. The zero-order valence-electron chi connectivity index (χ0n) is 9.72. The van der Waals surface area contributed by atoms with Crippen molar-refractivity contribution in [3.05, 3.63) is 23.8 Å². The maximum Gasteiger partial charge on any atom is 0.332 e. The minimum Gasteiger partial charge on any atom is -0.493 e. The number of carboxylic acid groups (broad SMARTS) is 1. The molecular formula is C11H13FO5S. The number of hydrogen-bond donors (Lipinski definition) is 1. The number of carboxylic acids is 1. The summed E-state index contributed by atoms with van der Waals surface area (Å²) in [5.41, 5.74) is 0.476. The number of hydrogen-bond acceptors (Lipinski definition) is 4. The summed E-state index contributed by atoms with van der Waals surface area (Å²) in [7, 11) is -4.71. The summed E-state index contributed by atoms with van der Waals surface area (Å²) in [5.74, 6) is -0.498. The van der Waals surface area contributed by atoms with E-state index < -0.39 is 21.1 Å². The average molecular weight is 276 g/mol. The van der Waals surface area contributed by atoms with Gasteiger partial charge >= 0.3 is 16.2 Å². The summed E-state index contributed by atoms with van der Waals surface area (Å²) in [5, 5.41) is 8.43. The van der Waals surface area contributed by atoms with Crippen LogP contribution in [0.1, 0.15) is 18.4 Å². The Bertz CT molecular complexity index is 538. The Morgan fingerprint density at radius 3 is 2.61 bits per heavy atom. The maximum atomic E-state index is 12.7. The van der Waals surface area contributed by atoms with Crippen molar-refractivity contribution in [1.29, 1.82) is 0 Å². The highest BCUT2D eigenvalue weighted by Gasteiger charge is 2.13. The van der Waals surface area contributed by atoms with Gasteiger partial charge < -0.3 is 9.84 Å². The molecule has 0 saturated heterocycles. The van der Waals surface area contributed by atoms with E-state index in [9.17, 15) is 17.1 Å². The summed E-state index contributed by atoms with van der Waals surface area (Å²) in [6, 6.07) is 3.62. The van der Waals surface area contributed by atoms with E-state index in [2.05, 4.69) is 0 Å². The largest absolute Gasteiger partial charge is 0.493 e. The molecule has 5 nitrogen and oxygen atoms in total. The topological polar surface area (TPSA) is 80.7 Å². The third kappa shape index (κ3) is 4.33. The smallest absolute Gasteiger partial charge is 0.332 e. The Balaban J connectivity index is 2.66. The molecule has 1 N–H and O–H groups in total. The predicted molar refractivity (Wildman–Crippen MR) is 61.8 cm³/mol. The number of aliphatic carboxylic acids is 1. The summed E-state index contributed by atoms with van der Waals surface area (Å²) < 4.78 is 39.3. The number of carbonyl (C=O) groups is 1. The molecule has 0 bridgehead atoms. The fraction of sp³-hybridized carbons (Fsp3) is 0.364. The van der Waals surface area contributed by atoms with E-state index in [1.54, 1.807) is 6.92 Å². The Labute approximate surface area is 104 Å². The molecule has 0 radical (unpaired) electrons. The number of rotatable bonds is 6. The van der Waals surface area contributed by atoms with E-state index >= 15 is 0 Å². The quantitative estimate of drug-likeness (QED) is 0.634. The number of ether oxygens (including phenoxy) is 1. The van der Waals surface area contributed by atoms with Gasteiger partial charge in [-0.15, -0.1) is 3.89 Å². The van der Waals surface area contributed by atoms with E-state index in [1.807, 2.05) is 0 Å². The molecule has 0 aliphatic carbocycles. The van der Waals surface area contributed by atoms with Crippen LogP contribution in [0.5, 0.6) is 5.75 Å². The van der Waals surface area contributed by atoms with Gasteiger partial charge in [-0.2, -0.15) is 8.42 Å². The minimum absolute atomic E-state index is 0.00398. The number of halogens is 1. The molecule has 1 rings (SSSR count). The second-order valence-electron chi connectivity index (χ2n) is 3.71. The zero-order chi connectivity index (χ0) is 13.8. The van der Waals surface area contributed by atoms with E-state index in [0.29, 0.717) is 17.7 Å². The molecule has 0 atom stereocenters. The van der Waals surface area contributed by atoms with Gasteiger partial charge in [0.25, 0.3) is 0 Å². The summed E-state index contributed by atoms with van der Waals surface area (Å²) in [6.45, 7) is 1.79. The van der Waals surface area contributed by atoms with Gasteiger partial charge in [0, 0.05) is 6.42 Å². The molecule has 0 heterocycles. The Morgan fingerprint density at radius 1 is 1.44 bits per heavy atom. The monoisotopic (exact) mass is 276 g/mol. The first-order chi connectivity index (χ1) is 8.30. The molecule has 1 aromatic carbocycles. The van der Waals surface area contributed by atoms with E-state index in [1.165, 1.54) is 12.1 Å². The van der Waals surface area contributed by atoms with Crippen LogP contribution in [0, 0.1) is 6.92 Å². The molecular weight excluding hydrogens is 263 g/mol. The van der Waals surface area contributed by atoms with Crippen LogP contribution in [0.15, 0.2) is 23.1 Å². The molecule has 0 aliphatic rings. The second-order valence-corrected chi connectivity index (χ2v) is 5.06. The first-order valence-electron chi connectivity index (χ1n) is 5.20. The second kappa shape index (κ2) is 5.81. The average Bonchev–Trinajstić information content (AvgIpc) is 2.24. The van der Waals surface area contributed by atoms with Crippen LogP contribution in [0.25, 0.3) is 0 Å². The van der Waals surface area contributed by atoms with Crippen LogP contribution < -0.4 is 4.74 Å². The Hall–Kier alpha value is -1.63. The highest BCUT2D eigenvalue weighted by atomic mass is 32.3. The molecule has 0 fully saturated rings. The van der Waals surface area contributed by atoms with Crippen molar-refractivity contribution in [3.63, 3.8) is 0 Å². The maximum absolute atomic E-state index is 12.7. The van der Waals surface area contributed by atoms with Gasteiger partial charge in [0.1, 0.15) is 5.75 Å². The molecule has 0 unspecified atom stereocenters. The van der Waals surface area contributed by atoms with Gasteiger partial charge in [0.15, 0.2) is 0 Å². The Morgan fingerprint density at radius 2 is 2.11 bits per heavy atom. The van der Waals surface area contributed by atoms with Gasteiger partial charge in [0.05, 0.1) is 11.5 Å². The van der Waals surface area contributed by atoms with Crippen LogP contribution in [0.4, 0.5) is 3.89 Å². The molecule has 0 spiro atoms. The lowest BCUT2D eigenvalue weighted by Gasteiger charge is -2.08. The molecule has 0 amide bonds. The van der Waals surface area contributed by atoms with Crippen LogP contribution in [-0.2, 0) is 15.0 Å². The number of aryl methyl sites for hydroxylation is 1. The zero-order valence-corrected chi connectivity index (χ0v) is 10.5. The third-order valence-electron chi connectivity index (χ3n) is 2.22. The highest BCUT2D eigenvalue weighted by Crippen LogP contribution is 2.23. The lowest BCUT2D eigenvalue weighted by Crippen LogP contribution is -2.03. The van der Waals surface area contributed by atoms with Gasteiger partial charge in [-0.05, 0) is 37.1 Å². The fourth-order valence-electron chi connectivity index (χ4n) is 1.34. The molecule has 0 aromatic heterocycles. The van der Waals surface area contributed by atoms with Crippen molar-refractivity contribution < 1.29 is 26.9 Å². The minimum atomic E-state index is -4.71. The van der Waals surface area contributed by atoms with Crippen molar-refractivity contribution in [3.8, 4) is 5.75 Å². The molecule has 18 heavy (non-hydrogen) atoms. The first kappa shape index (κ1) is 14.4. The highest BCUT2D eigenvalue weighted by molar-refractivity contribution is 7.86. The van der Waals surface area contributed by atoms with Crippen molar-refractivity contribution in [2.75, 3.05) is 6.61 Å². The van der Waals surface area contributed by atoms with E-state index in [0.717, 1.165) is 6.07 Å². The van der Waals surface area contributed by atoms with Crippen molar-refractivity contribution in [2.24, 2.45) is 0 Å². The third-order valence-corrected chi connectivity index (χ3v) is 3.04. The normalized spacial score (nSPS) is 11.2. The van der Waals surface area contributed by atoms with Gasteiger partial charge in [-0.3, -0.25) is 4.79 Å². The van der Waals surface area contributed by atoms with Crippen LogP contribution in [-0.4, -0.2) is 26.1 Å².